The Hall–Kier alpha value is -1.82. The van der Waals surface area contributed by atoms with Crippen molar-refractivity contribution in [1.82, 2.24) is 5.32 Å². The zero-order valence-electron chi connectivity index (χ0n) is 8.77. The van der Waals surface area contributed by atoms with Crippen LogP contribution < -0.4 is 5.32 Å². The van der Waals surface area contributed by atoms with Gasteiger partial charge in [0.1, 0.15) is 5.76 Å². The number of carbonyl (C=O) groups excluding carboxylic acids is 1. The van der Waals surface area contributed by atoms with E-state index in [-0.39, 0.29) is 6.54 Å². The van der Waals surface area contributed by atoms with Gasteiger partial charge < -0.3 is 19.9 Å². The molecule has 0 aliphatic carbocycles. The van der Waals surface area contributed by atoms with Crippen molar-refractivity contribution in [2.24, 2.45) is 0 Å². The molecule has 3 N–H and O–H groups in total. The van der Waals surface area contributed by atoms with E-state index in [1.54, 1.807) is 0 Å². The van der Waals surface area contributed by atoms with Gasteiger partial charge in [-0.15, -0.1) is 0 Å². The van der Waals surface area contributed by atoms with Gasteiger partial charge in [0.2, 0.25) is 0 Å². The molecule has 1 rings (SSSR count). The topological polar surface area (TPSA) is 99.8 Å². The van der Waals surface area contributed by atoms with Crippen molar-refractivity contribution in [3.8, 4) is 0 Å². The standard InChI is InChI=1S/C10H13NO5/c1-2-8-6(3-4-16-8)9(13)11-5-7(12)10(14)15/h3-4,7,12H,2,5H2,1H3,(H,11,13)(H,14,15)/t7-/m0/s1. The van der Waals surface area contributed by atoms with Crippen LogP contribution in [0.2, 0.25) is 0 Å². The average molecular weight is 227 g/mol. The summed E-state index contributed by atoms with van der Waals surface area (Å²) in [6, 6.07) is 1.50. The first-order chi connectivity index (χ1) is 7.56. The molecule has 1 aromatic heterocycles. The lowest BCUT2D eigenvalue weighted by Gasteiger charge is -2.07. The molecule has 0 fully saturated rings. The monoisotopic (exact) mass is 227 g/mol. The molecule has 88 valence electrons. The number of rotatable bonds is 5. The predicted octanol–water partition coefficient (Wildman–Crippen LogP) is 0.0173. The predicted molar refractivity (Wildman–Crippen MR) is 54.1 cm³/mol. The Morgan fingerprint density at radius 2 is 2.25 bits per heavy atom. The minimum Gasteiger partial charge on any atom is -0.479 e. The molecule has 1 aromatic rings. The number of aliphatic carboxylic acids is 1. The van der Waals surface area contributed by atoms with Crippen LogP contribution in [0.4, 0.5) is 0 Å². The third-order valence-corrected chi connectivity index (χ3v) is 2.05. The molecule has 1 heterocycles. The fourth-order valence-electron chi connectivity index (χ4n) is 1.19. The van der Waals surface area contributed by atoms with Crippen LogP contribution in [0.3, 0.4) is 0 Å². The first kappa shape index (κ1) is 12.3. The van der Waals surface area contributed by atoms with Gasteiger partial charge in [-0.1, -0.05) is 6.92 Å². The summed E-state index contributed by atoms with van der Waals surface area (Å²) < 4.78 is 5.05. The molecule has 0 saturated carbocycles. The molecular weight excluding hydrogens is 214 g/mol. The number of aryl methyl sites for hydroxylation is 1. The molecule has 16 heavy (non-hydrogen) atoms. The van der Waals surface area contributed by atoms with E-state index >= 15 is 0 Å². The van der Waals surface area contributed by atoms with E-state index in [1.165, 1.54) is 12.3 Å². The van der Waals surface area contributed by atoms with Gasteiger partial charge in [0.25, 0.3) is 5.91 Å². The van der Waals surface area contributed by atoms with E-state index < -0.39 is 18.0 Å². The fraction of sp³-hybridized carbons (Fsp3) is 0.400. The Morgan fingerprint density at radius 3 is 2.81 bits per heavy atom. The van der Waals surface area contributed by atoms with E-state index in [2.05, 4.69) is 5.32 Å². The summed E-state index contributed by atoms with van der Waals surface area (Å²) in [4.78, 5) is 21.8. The van der Waals surface area contributed by atoms with Crippen molar-refractivity contribution in [2.45, 2.75) is 19.4 Å². The maximum absolute atomic E-state index is 11.5. The Labute approximate surface area is 91.9 Å². The van der Waals surface area contributed by atoms with Gasteiger partial charge in [-0.2, -0.15) is 0 Å². The zero-order valence-corrected chi connectivity index (χ0v) is 8.77. The smallest absolute Gasteiger partial charge is 0.334 e. The highest BCUT2D eigenvalue weighted by Crippen LogP contribution is 2.10. The van der Waals surface area contributed by atoms with Gasteiger partial charge in [0.15, 0.2) is 6.10 Å². The highest BCUT2D eigenvalue weighted by atomic mass is 16.4. The maximum atomic E-state index is 11.5. The number of furan rings is 1. The molecule has 0 aliphatic heterocycles. The van der Waals surface area contributed by atoms with Crippen LogP contribution in [0.15, 0.2) is 16.7 Å². The van der Waals surface area contributed by atoms with Crippen LogP contribution in [0.5, 0.6) is 0 Å². The summed E-state index contributed by atoms with van der Waals surface area (Å²) in [5, 5.41) is 19.7. The Kier molecular flexibility index (Phi) is 4.07. The van der Waals surface area contributed by atoms with Gasteiger partial charge in [0, 0.05) is 6.42 Å². The SMILES string of the molecule is CCc1occc1C(=O)NC[C@H](O)C(=O)O. The van der Waals surface area contributed by atoms with E-state index in [1.807, 2.05) is 6.92 Å². The van der Waals surface area contributed by atoms with Crippen molar-refractivity contribution in [1.29, 1.82) is 0 Å². The van der Waals surface area contributed by atoms with Crippen molar-refractivity contribution in [2.75, 3.05) is 6.54 Å². The fourth-order valence-corrected chi connectivity index (χ4v) is 1.19. The van der Waals surface area contributed by atoms with Crippen LogP contribution in [-0.2, 0) is 11.2 Å². The second kappa shape index (κ2) is 5.32. The van der Waals surface area contributed by atoms with Crippen LogP contribution in [0, 0.1) is 0 Å². The second-order valence-corrected chi connectivity index (χ2v) is 3.18. The van der Waals surface area contributed by atoms with Crippen molar-refractivity contribution in [3.05, 3.63) is 23.7 Å². The highest BCUT2D eigenvalue weighted by molar-refractivity contribution is 5.95. The number of nitrogens with one attached hydrogen (secondary N) is 1. The highest BCUT2D eigenvalue weighted by Gasteiger charge is 2.17. The van der Waals surface area contributed by atoms with Crippen LogP contribution in [0.25, 0.3) is 0 Å². The third kappa shape index (κ3) is 2.83. The summed E-state index contributed by atoms with van der Waals surface area (Å²) in [7, 11) is 0. The first-order valence-electron chi connectivity index (χ1n) is 4.81. The number of hydrogen-bond donors (Lipinski definition) is 3. The molecular formula is C10H13NO5. The molecule has 6 heteroatoms. The molecule has 1 amide bonds. The Morgan fingerprint density at radius 1 is 1.56 bits per heavy atom. The number of amides is 1. The summed E-state index contributed by atoms with van der Waals surface area (Å²) in [5.74, 6) is -1.29. The van der Waals surface area contributed by atoms with Crippen molar-refractivity contribution >= 4 is 11.9 Å². The molecule has 0 saturated heterocycles. The molecule has 0 spiro atoms. The van der Waals surface area contributed by atoms with E-state index in [0.717, 1.165) is 0 Å². The molecule has 0 bridgehead atoms. The quantitative estimate of drug-likeness (QED) is 0.658. The summed E-state index contributed by atoms with van der Waals surface area (Å²) >= 11 is 0. The maximum Gasteiger partial charge on any atom is 0.334 e. The number of carbonyl (C=O) groups is 2. The number of aliphatic hydroxyl groups excluding tert-OH is 1. The van der Waals surface area contributed by atoms with Crippen molar-refractivity contribution < 1.29 is 24.2 Å². The molecule has 6 nitrogen and oxygen atoms in total. The lowest BCUT2D eigenvalue weighted by molar-refractivity contribution is -0.146. The molecule has 0 aromatic carbocycles. The number of hydrogen-bond acceptors (Lipinski definition) is 4. The normalized spacial score (nSPS) is 12.1. The van der Waals surface area contributed by atoms with Gasteiger partial charge in [-0.25, -0.2) is 4.79 Å². The molecule has 0 aliphatic rings. The zero-order chi connectivity index (χ0) is 12.1. The van der Waals surface area contributed by atoms with E-state index in [4.69, 9.17) is 14.6 Å². The molecule has 1 atom stereocenters. The number of carboxylic acids is 1. The second-order valence-electron chi connectivity index (χ2n) is 3.18. The van der Waals surface area contributed by atoms with Crippen LogP contribution >= 0.6 is 0 Å². The van der Waals surface area contributed by atoms with E-state index in [9.17, 15) is 9.59 Å². The minimum atomic E-state index is -1.60. The lowest BCUT2D eigenvalue weighted by Crippen LogP contribution is -2.36. The number of carboxylic acid groups (broad SMARTS) is 1. The molecule has 0 unspecified atom stereocenters. The summed E-state index contributed by atoms with van der Waals surface area (Å²) in [6.45, 7) is 1.50. The van der Waals surface area contributed by atoms with Crippen LogP contribution in [-0.4, -0.2) is 34.7 Å². The summed E-state index contributed by atoms with van der Waals surface area (Å²) in [6.07, 6.45) is 0.361. The molecule has 0 radical (unpaired) electrons. The Balaban J connectivity index is 2.56. The van der Waals surface area contributed by atoms with Crippen LogP contribution in [0.1, 0.15) is 23.0 Å². The lowest BCUT2D eigenvalue weighted by atomic mass is 10.2. The Bertz CT molecular complexity index is 384. The third-order valence-electron chi connectivity index (χ3n) is 2.05. The van der Waals surface area contributed by atoms with Gasteiger partial charge in [0.05, 0.1) is 18.4 Å². The van der Waals surface area contributed by atoms with Gasteiger partial charge in [-0.05, 0) is 6.07 Å². The average Bonchev–Trinajstić information content (AvgIpc) is 2.73. The first-order valence-corrected chi connectivity index (χ1v) is 4.81. The largest absolute Gasteiger partial charge is 0.479 e. The van der Waals surface area contributed by atoms with Crippen molar-refractivity contribution in [3.63, 3.8) is 0 Å². The van der Waals surface area contributed by atoms with Gasteiger partial charge in [-0.3, -0.25) is 4.79 Å². The van der Waals surface area contributed by atoms with Gasteiger partial charge >= 0.3 is 5.97 Å². The van der Waals surface area contributed by atoms with E-state index in [0.29, 0.717) is 17.7 Å². The minimum absolute atomic E-state index is 0.331. The summed E-state index contributed by atoms with van der Waals surface area (Å²) in [5.41, 5.74) is 0.361. The number of aliphatic hydroxyl groups is 1.